The van der Waals surface area contributed by atoms with E-state index in [0.29, 0.717) is 31.7 Å². The molecule has 29 heavy (non-hydrogen) atoms. The Labute approximate surface area is 172 Å². The summed E-state index contributed by atoms with van der Waals surface area (Å²) in [5.41, 5.74) is 2.00. The first-order chi connectivity index (χ1) is 14.0. The molecular weight excluding hydrogens is 392 g/mol. The second kappa shape index (κ2) is 8.97. The highest BCUT2D eigenvalue weighted by molar-refractivity contribution is 7.27. The zero-order valence-corrected chi connectivity index (χ0v) is 17.3. The molecular formula is C22H27FNO4P. The van der Waals surface area contributed by atoms with Crippen LogP contribution in [0, 0.1) is 5.82 Å². The van der Waals surface area contributed by atoms with Crippen LogP contribution < -0.4 is 20.1 Å². The van der Waals surface area contributed by atoms with Gasteiger partial charge in [0.05, 0.1) is 0 Å². The number of nitrogens with one attached hydrogen (secondary N) is 1. The summed E-state index contributed by atoms with van der Waals surface area (Å²) in [5, 5.41) is 25.2. The summed E-state index contributed by atoms with van der Waals surface area (Å²) in [4.78, 5) is 0. The molecule has 2 aliphatic heterocycles. The van der Waals surface area contributed by atoms with E-state index in [1.165, 1.54) is 17.7 Å². The summed E-state index contributed by atoms with van der Waals surface area (Å²) in [6, 6.07) is 10.5. The Morgan fingerprint density at radius 3 is 2.10 bits per heavy atom. The lowest BCUT2D eigenvalue weighted by Crippen LogP contribution is -2.46. The standard InChI is InChI=1S/C22H27FNO4P/c23-15-3-7-19-13(9-15)1-5-21(27-19)17(25)11-24-12-18(26)22-6-2-14-10-16(29)4-8-20(14)28-22/h3-4,7-10,17-18,21-22,24-26H,1-2,5-6,11-12,29H2. The highest BCUT2D eigenvalue weighted by atomic mass is 31.0. The molecule has 0 bridgehead atoms. The lowest BCUT2D eigenvalue weighted by atomic mass is 9.98. The number of benzene rings is 2. The van der Waals surface area contributed by atoms with Crippen LogP contribution in [0.25, 0.3) is 0 Å². The number of ether oxygens (including phenoxy) is 2. The number of halogens is 1. The van der Waals surface area contributed by atoms with Crippen molar-refractivity contribution in [2.75, 3.05) is 13.1 Å². The minimum absolute atomic E-state index is 0.268. The van der Waals surface area contributed by atoms with Gasteiger partial charge in [0.15, 0.2) is 0 Å². The van der Waals surface area contributed by atoms with Gasteiger partial charge in [0, 0.05) is 13.1 Å². The predicted octanol–water partition coefficient (Wildman–Crippen LogP) is 1.72. The van der Waals surface area contributed by atoms with Crippen LogP contribution in [0.5, 0.6) is 11.5 Å². The molecule has 0 aromatic heterocycles. The largest absolute Gasteiger partial charge is 0.487 e. The fourth-order valence-electron chi connectivity index (χ4n) is 3.99. The van der Waals surface area contributed by atoms with E-state index in [9.17, 15) is 14.6 Å². The fourth-order valence-corrected chi connectivity index (χ4v) is 4.29. The first-order valence-corrected chi connectivity index (χ1v) is 10.6. The number of hydrogen-bond donors (Lipinski definition) is 3. The van der Waals surface area contributed by atoms with Gasteiger partial charge in [-0.15, -0.1) is 9.24 Å². The van der Waals surface area contributed by atoms with Crippen LogP contribution in [0.1, 0.15) is 24.0 Å². The number of fused-ring (bicyclic) bond motifs is 2. The zero-order valence-electron chi connectivity index (χ0n) is 16.2. The summed E-state index contributed by atoms with van der Waals surface area (Å²) < 4.78 is 25.1. The molecule has 0 spiro atoms. The van der Waals surface area contributed by atoms with Crippen LogP contribution in [-0.2, 0) is 12.8 Å². The molecule has 7 heteroatoms. The summed E-state index contributed by atoms with van der Waals surface area (Å²) in [7, 11) is 2.68. The maximum Gasteiger partial charge on any atom is 0.126 e. The molecule has 0 fully saturated rings. The van der Waals surface area contributed by atoms with E-state index in [2.05, 4.69) is 20.6 Å². The third-order valence-corrected chi connectivity index (χ3v) is 5.98. The van der Waals surface area contributed by atoms with E-state index >= 15 is 0 Å². The molecule has 2 aliphatic rings. The van der Waals surface area contributed by atoms with Crippen molar-refractivity contribution in [3.63, 3.8) is 0 Å². The lowest BCUT2D eigenvalue weighted by Gasteiger charge is -2.31. The van der Waals surface area contributed by atoms with Gasteiger partial charge in [-0.05, 0) is 72.4 Å². The van der Waals surface area contributed by atoms with Gasteiger partial charge in [-0.25, -0.2) is 4.39 Å². The van der Waals surface area contributed by atoms with Crippen molar-refractivity contribution in [1.82, 2.24) is 5.32 Å². The highest BCUT2D eigenvalue weighted by Crippen LogP contribution is 2.30. The monoisotopic (exact) mass is 419 g/mol. The van der Waals surface area contributed by atoms with Gasteiger partial charge in [-0.1, -0.05) is 6.07 Å². The number of aliphatic hydroxyl groups excluding tert-OH is 2. The Bertz CT molecular complexity index is 795. The van der Waals surface area contributed by atoms with E-state index in [-0.39, 0.29) is 18.0 Å². The Balaban J connectivity index is 1.24. The van der Waals surface area contributed by atoms with Gasteiger partial charge in [0.1, 0.15) is 41.7 Å². The van der Waals surface area contributed by atoms with Crippen LogP contribution in [0.2, 0.25) is 0 Å². The normalized spacial score (nSPS) is 22.6. The molecule has 5 atom stereocenters. The number of aryl methyl sites for hydroxylation is 2. The quantitative estimate of drug-likeness (QED) is 0.622. The Hall–Kier alpha value is -1.72. The van der Waals surface area contributed by atoms with Crippen LogP contribution in [0.15, 0.2) is 36.4 Å². The number of aliphatic hydroxyl groups is 2. The van der Waals surface area contributed by atoms with E-state index in [0.717, 1.165) is 29.5 Å². The molecule has 0 saturated carbocycles. The molecule has 0 amide bonds. The summed E-state index contributed by atoms with van der Waals surface area (Å²) in [6.07, 6.45) is 0.929. The van der Waals surface area contributed by atoms with Gasteiger partial charge < -0.3 is 25.0 Å². The molecule has 0 aliphatic carbocycles. The van der Waals surface area contributed by atoms with Crippen LogP contribution >= 0.6 is 9.24 Å². The Morgan fingerprint density at radius 2 is 1.48 bits per heavy atom. The molecule has 4 rings (SSSR count). The minimum atomic E-state index is -0.714. The molecule has 5 unspecified atom stereocenters. The molecule has 2 aromatic carbocycles. The zero-order chi connectivity index (χ0) is 20.4. The maximum atomic E-state index is 13.3. The second-order valence-electron chi connectivity index (χ2n) is 7.80. The van der Waals surface area contributed by atoms with Gasteiger partial charge in [-0.2, -0.15) is 0 Å². The molecule has 5 nitrogen and oxygen atoms in total. The highest BCUT2D eigenvalue weighted by Gasteiger charge is 2.29. The first kappa shape index (κ1) is 20.5. The average molecular weight is 419 g/mol. The molecule has 3 N–H and O–H groups in total. The lowest BCUT2D eigenvalue weighted by molar-refractivity contribution is 0.00897. The van der Waals surface area contributed by atoms with Crippen LogP contribution in [0.3, 0.4) is 0 Å². The van der Waals surface area contributed by atoms with Crippen molar-refractivity contribution in [1.29, 1.82) is 0 Å². The van der Waals surface area contributed by atoms with Gasteiger partial charge in [-0.3, -0.25) is 0 Å². The number of rotatable bonds is 6. The van der Waals surface area contributed by atoms with E-state index in [4.69, 9.17) is 9.47 Å². The van der Waals surface area contributed by atoms with Crippen molar-refractivity contribution in [2.45, 2.75) is 50.1 Å². The second-order valence-corrected chi connectivity index (χ2v) is 8.47. The van der Waals surface area contributed by atoms with E-state index in [1.54, 1.807) is 6.07 Å². The van der Waals surface area contributed by atoms with Crippen molar-refractivity contribution in [3.05, 3.63) is 53.3 Å². The van der Waals surface area contributed by atoms with Gasteiger partial charge >= 0.3 is 0 Å². The molecule has 2 heterocycles. The smallest absolute Gasteiger partial charge is 0.126 e. The average Bonchev–Trinajstić information content (AvgIpc) is 2.72. The molecule has 156 valence electrons. The topological polar surface area (TPSA) is 71.0 Å². The first-order valence-electron chi connectivity index (χ1n) is 10.1. The number of hydrogen-bond acceptors (Lipinski definition) is 5. The van der Waals surface area contributed by atoms with Crippen LogP contribution in [-0.4, -0.2) is 47.7 Å². The molecule has 0 saturated heterocycles. The SMILES string of the molecule is OC(CNCC(O)C1CCc2cc(P)ccc2O1)C1CCc2cc(F)ccc2O1. The van der Waals surface area contributed by atoms with Crippen molar-refractivity contribution >= 4 is 14.5 Å². The van der Waals surface area contributed by atoms with Crippen LogP contribution in [0.4, 0.5) is 4.39 Å². The van der Waals surface area contributed by atoms with E-state index in [1.807, 2.05) is 12.1 Å². The third-order valence-electron chi connectivity index (χ3n) is 5.63. The summed E-state index contributed by atoms with van der Waals surface area (Å²) >= 11 is 0. The van der Waals surface area contributed by atoms with Crippen molar-refractivity contribution < 1.29 is 24.1 Å². The van der Waals surface area contributed by atoms with Crippen molar-refractivity contribution in [2.24, 2.45) is 0 Å². The summed E-state index contributed by atoms with van der Waals surface area (Å²) in [5.74, 6) is 1.19. The Morgan fingerprint density at radius 1 is 0.931 bits per heavy atom. The minimum Gasteiger partial charge on any atom is -0.487 e. The Kier molecular flexibility index (Phi) is 6.35. The molecule has 2 aromatic rings. The third kappa shape index (κ3) is 4.89. The maximum absolute atomic E-state index is 13.3. The van der Waals surface area contributed by atoms with Crippen molar-refractivity contribution in [3.8, 4) is 11.5 Å². The molecule has 0 radical (unpaired) electrons. The fraction of sp³-hybridized carbons (Fsp3) is 0.455. The van der Waals surface area contributed by atoms with E-state index < -0.39 is 12.2 Å². The van der Waals surface area contributed by atoms with Gasteiger partial charge in [0.25, 0.3) is 0 Å². The van der Waals surface area contributed by atoms with Gasteiger partial charge in [0.2, 0.25) is 0 Å². The predicted molar refractivity (Wildman–Crippen MR) is 113 cm³/mol. The summed E-state index contributed by atoms with van der Waals surface area (Å²) in [6.45, 7) is 0.630.